The Kier molecular flexibility index (Phi) is 5.56. The Morgan fingerprint density at radius 3 is 2.61 bits per heavy atom. The van der Waals surface area contributed by atoms with Crippen LogP contribution in [0, 0.1) is 0 Å². The molecule has 4 rings (SSSR count). The first-order valence-corrected chi connectivity index (χ1v) is 11.9. The van der Waals surface area contributed by atoms with Crippen LogP contribution >= 0.6 is 11.6 Å². The van der Waals surface area contributed by atoms with Crippen LogP contribution in [0.25, 0.3) is 0 Å². The van der Waals surface area contributed by atoms with Gasteiger partial charge in [0.2, 0.25) is 0 Å². The molecular weight excluding hydrogens is 448 g/mol. The largest absolute Gasteiger partial charge is 0.427 e. The molecule has 0 amide bonds. The average Bonchev–Trinajstić information content (AvgIpc) is 3.46. The molecule has 2 aromatic rings. The quantitative estimate of drug-likeness (QED) is 0.587. The van der Waals surface area contributed by atoms with Crippen molar-refractivity contribution >= 4 is 33.2 Å². The molecule has 2 aliphatic carbocycles. The van der Waals surface area contributed by atoms with Crippen LogP contribution in [-0.2, 0) is 25.9 Å². The summed E-state index contributed by atoms with van der Waals surface area (Å²) in [5.74, 6) is -0.720. The molecule has 1 saturated carbocycles. The van der Waals surface area contributed by atoms with E-state index in [-0.39, 0.29) is 45.2 Å². The van der Waals surface area contributed by atoms with Gasteiger partial charge >= 0.3 is 11.7 Å². The van der Waals surface area contributed by atoms with Crippen LogP contribution in [0.15, 0.2) is 33.7 Å². The van der Waals surface area contributed by atoms with Crippen molar-refractivity contribution in [1.82, 2.24) is 19.8 Å². The van der Waals surface area contributed by atoms with Crippen LogP contribution in [0.3, 0.4) is 0 Å². The third-order valence-corrected chi connectivity index (χ3v) is 6.69. The molecule has 0 spiro atoms. The summed E-state index contributed by atoms with van der Waals surface area (Å²) >= 11 is 6.42. The van der Waals surface area contributed by atoms with E-state index in [1.54, 1.807) is 0 Å². The number of nitrogens with zero attached hydrogens (tertiary/aromatic N) is 4. The Morgan fingerprint density at radius 1 is 1.23 bits per heavy atom. The van der Waals surface area contributed by atoms with Crippen LogP contribution < -0.4 is 5.69 Å². The molecule has 2 aliphatic rings. The van der Waals surface area contributed by atoms with E-state index in [9.17, 15) is 22.8 Å². The maximum absolute atomic E-state index is 12.7. The molecule has 0 saturated heterocycles. The number of carbonyl (C=O) groups is 2. The summed E-state index contributed by atoms with van der Waals surface area (Å²) in [5, 5.41) is 7.48. The Bertz CT molecular complexity index is 1270. The predicted molar refractivity (Wildman–Crippen MR) is 109 cm³/mol. The minimum atomic E-state index is -3.73. The first kappa shape index (κ1) is 21.4. The number of rotatable bonds is 6. The van der Waals surface area contributed by atoms with Gasteiger partial charge in [-0.05, 0) is 41.8 Å². The molecule has 0 unspecified atom stereocenters. The minimum absolute atomic E-state index is 0.00103. The van der Waals surface area contributed by atoms with Crippen LogP contribution in [0.2, 0.25) is 5.02 Å². The highest BCUT2D eigenvalue weighted by Gasteiger charge is 2.29. The van der Waals surface area contributed by atoms with Gasteiger partial charge in [-0.15, -0.1) is 0 Å². The van der Waals surface area contributed by atoms with Gasteiger partial charge in [0, 0.05) is 30.7 Å². The molecule has 0 bridgehead atoms. The highest BCUT2D eigenvalue weighted by Crippen LogP contribution is 2.33. The zero-order chi connectivity index (χ0) is 22.3. The molecule has 1 aromatic heterocycles. The first-order chi connectivity index (χ1) is 14.6. The summed E-state index contributed by atoms with van der Waals surface area (Å²) in [6, 6.07) is 2.49. The standard InChI is InChI=1S/C19H19ClN4O6S/c1-31(28,29)16-8-7-14(18(26)30-13-4-2-3-12(25)9-13)17(20)15(16)10-23-19(27)24(22-21-23)11-5-6-11/h7-9,11H,2-6,10H2,1H3. The van der Waals surface area contributed by atoms with Crippen molar-refractivity contribution in [2.75, 3.05) is 6.26 Å². The molecule has 31 heavy (non-hydrogen) atoms. The van der Waals surface area contributed by atoms with Gasteiger partial charge in [0.25, 0.3) is 0 Å². The second-order valence-corrected chi connectivity index (χ2v) is 9.95. The van der Waals surface area contributed by atoms with Gasteiger partial charge in [0.1, 0.15) is 5.76 Å². The molecule has 1 fully saturated rings. The minimum Gasteiger partial charge on any atom is -0.427 e. The summed E-state index contributed by atoms with van der Waals surface area (Å²) in [5.41, 5.74) is -0.528. The molecule has 0 N–H and O–H groups in total. The Labute approximate surface area is 182 Å². The van der Waals surface area contributed by atoms with Crippen molar-refractivity contribution in [3.05, 3.63) is 50.6 Å². The van der Waals surface area contributed by atoms with Gasteiger partial charge in [0.05, 0.1) is 28.1 Å². The average molecular weight is 467 g/mol. The van der Waals surface area contributed by atoms with Crippen molar-refractivity contribution in [1.29, 1.82) is 0 Å². The van der Waals surface area contributed by atoms with Crippen LogP contribution in [0.1, 0.15) is 54.1 Å². The van der Waals surface area contributed by atoms with Crippen molar-refractivity contribution in [3.8, 4) is 0 Å². The summed E-state index contributed by atoms with van der Waals surface area (Å²) in [4.78, 5) is 36.6. The predicted octanol–water partition coefficient (Wildman–Crippen LogP) is 1.67. The van der Waals surface area contributed by atoms with Crippen LogP contribution in [0.4, 0.5) is 0 Å². The van der Waals surface area contributed by atoms with E-state index >= 15 is 0 Å². The summed E-state index contributed by atoms with van der Waals surface area (Å²) < 4.78 is 32.1. The van der Waals surface area contributed by atoms with E-state index in [1.807, 2.05) is 0 Å². The maximum Gasteiger partial charge on any atom is 0.364 e. The summed E-state index contributed by atoms with van der Waals surface area (Å²) in [7, 11) is -3.73. The van der Waals surface area contributed by atoms with E-state index in [0.29, 0.717) is 19.3 Å². The van der Waals surface area contributed by atoms with Crippen molar-refractivity contribution in [3.63, 3.8) is 0 Å². The molecule has 0 radical (unpaired) electrons. The number of hydrogen-bond donors (Lipinski definition) is 0. The number of esters is 1. The molecular formula is C19H19ClN4O6S. The van der Waals surface area contributed by atoms with E-state index in [4.69, 9.17) is 16.3 Å². The monoisotopic (exact) mass is 466 g/mol. The van der Waals surface area contributed by atoms with Crippen molar-refractivity contribution in [2.24, 2.45) is 0 Å². The summed E-state index contributed by atoms with van der Waals surface area (Å²) in [6.45, 7) is -0.283. The van der Waals surface area contributed by atoms with Gasteiger partial charge in [-0.25, -0.2) is 18.0 Å². The Hall–Kier alpha value is -2.79. The normalized spacial score (nSPS) is 16.8. The lowest BCUT2D eigenvalue weighted by Gasteiger charge is -2.15. The van der Waals surface area contributed by atoms with Gasteiger partial charge in [-0.1, -0.05) is 11.6 Å². The van der Waals surface area contributed by atoms with E-state index in [0.717, 1.165) is 23.8 Å². The highest BCUT2D eigenvalue weighted by atomic mass is 35.5. The number of aromatic nitrogens is 4. The molecule has 164 valence electrons. The van der Waals surface area contributed by atoms with Gasteiger partial charge in [-0.2, -0.15) is 9.36 Å². The molecule has 1 aromatic carbocycles. The smallest absolute Gasteiger partial charge is 0.364 e. The Morgan fingerprint density at radius 2 is 1.97 bits per heavy atom. The molecule has 10 nitrogen and oxygen atoms in total. The zero-order valence-electron chi connectivity index (χ0n) is 16.6. The van der Waals surface area contributed by atoms with Crippen molar-refractivity contribution in [2.45, 2.75) is 49.6 Å². The first-order valence-electron chi connectivity index (χ1n) is 9.64. The zero-order valence-corrected chi connectivity index (χ0v) is 18.1. The lowest BCUT2D eigenvalue weighted by molar-refractivity contribution is -0.115. The fraction of sp³-hybridized carbons (Fsp3) is 0.421. The second-order valence-electron chi connectivity index (χ2n) is 7.59. The number of allylic oxidation sites excluding steroid dienone is 2. The van der Waals surface area contributed by atoms with Gasteiger partial charge in [-0.3, -0.25) is 4.79 Å². The number of hydrogen-bond acceptors (Lipinski definition) is 8. The Balaban J connectivity index is 1.71. The number of carbonyl (C=O) groups excluding carboxylic acids is 2. The molecule has 0 atom stereocenters. The molecule has 12 heteroatoms. The SMILES string of the molecule is CS(=O)(=O)c1ccc(C(=O)OC2=CC(=O)CCC2)c(Cl)c1Cn1nnn(C2CC2)c1=O. The third-order valence-electron chi connectivity index (χ3n) is 5.07. The number of benzene rings is 1. The number of halogens is 1. The second kappa shape index (κ2) is 8.04. The van der Waals surface area contributed by atoms with Crippen LogP contribution in [-0.4, -0.2) is 46.2 Å². The molecule has 1 heterocycles. The number of sulfone groups is 1. The summed E-state index contributed by atoms with van der Waals surface area (Å²) in [6.07, 6.45) is 5.33. The third kappa shape index (κ3) is 4.47. The topological polar surface area (TPSA) is 130 Å². The number of ketones is 1. The van der Waals surface area contributed by atoms with Gasteiger partial charge in [0.15, 0.2) is 15.6 Å². The van der Waals surface area contributed by atoms with E-state index < -0.39 is 21.5 Å². The maximum atomic E-state index is 12.7. The lowest BCUT2D eigenvalue weighted by Crippen LogP contribution is -2.26. The lowest BCUT2D eigenvalue weighted by atomic mass is 10.1. The van der Waals surface area contributed by atoms with Gasteiger partial charge < -0.3 is 4.74 Å². The van der Waals surface area contributed by atoms with E-state index in [2.05, 4.69) is 10.4 Å². The molecule has 0 aliphatic heterocycles. The van der Waals surface area contributed by atoms with Crippen LogP contribution in [0.5, 0.6) is 0 Å². The fourth-order valence-electron chi connectivity index (χ4n) is 3.35. The highest BCUT2D eigenvalue weighted by molar-refractivity contribution is 7.90. The van der Waals surface area contributed by atoms with E-state index in [1.165, 1.54) is 22.9 Å². The number of ether oxygens (including phenoxy) is 1. The number of tetrazole rings is 1. The fourth-order valence-corrected chi connectivity index (χ4v) is 4.64. The van der Waals surface area contributed by atoms with Crippen molar-refractivity contribution < 1.29 is 22.7 Å².